The Morgan fingerprint density at radius 1 is 0.919 bits per heavy atom. The van der Waals surface area contributed by atoms with Crippen molar-refractivity contribution in [3.05, 3.63) is 103 Å². The first-order chi connectivity index (χ1) is 17.6. The lowest BCUT2D eigenvalue weighted by molar-refractivity contribution is -0.385. The minimum atomic E-state index is -0.915. The number of non-ortho nitro benzene ring substituents is 2. The fraction of sp³-hybridized carbons (Fsp3) is 0.0833. The smallest absolute Gasteiger partial charge is 0.272 e. The highest BCUT2D eigenvalue weighted by Gasteiger charge is 2.21. The first-order valence-electron chi connectivity index (χ1n) is 10.4. The third-order valence-corrected chi connectivity index (χ3v) is 5.28. The summed E-state index contributed by atoms with van der Waals surface area (Å²) in [5.74, 6) is -1.00. The van der Waals surface area contributed by atoms with E-state index in [1.807, 2.05) is 0 Å². The number of halogens is 1. The van der Waals surface area contributed by atoms with Crippen LogP contribution in [0.15, 0.2) is 66.4 Å². The van der Waals surface area contributed by atoms with Gasteiger partial charge >= 0.3 is 0 Å². The minimum Gasteiger partial charge on any atom is -0.497 e. The molecule has 0 saturated carbocycles. The van der Waals surface area contributed by atoms with E-state index in [0.717, 1.165) is 12.1 Å². The van der Waals surface area contributed by atoms with Crippen LogP contribution in [0.3, 0.4) is 0 Å². The van der Waals surface area contributed by atoms with Gasteiger partial charge in [-0.25, -0.2) is 0 Å². The van der Waals surface area contributed by atoms with Crippen molar-refractivity contribution in [2.45, 2.75) is 0 Å². The van der Waals surface area contributed by atoms with Gasteiger partial charge in [0.2, 0.25) is 0 Å². The summed E-state index contributed by atoms with van der Waals surface area (Å²) >= 11 is 6.07. The summed E-state index contributed by atoms with van der Waals surface area (Å²) in [7, 11) is 2.85. The number of amides is 2. The van der Waals surface area contributed by atoms with Crippen molar-refractivity contribution in [3.63, 3.8) is 0 Å². The number of anilines is 1. The predicted molar refractivity (Wildman–Crippen MR) is 135 cm³/mol. The molecule has 2 amide bonds. The average molecular weight is 527 g/mol. The number of carbonyl (C=O) groups excluding carboxylic acids is 2. The highest BCUT2D eigenvalue weighted by molar-refractivity contribution is 6.34. The van der Waals surface area contributed by atoms with Gasteiger partial charge in [0.05, 0.1) is 40.3 Å². The molecule has 12 nitrogen and oxygen atoms in total. The molecule has 37 heavy (non-hydrogen) atoms. The molecule has 2 N–H and O–H groups in total. The van der Waals surface area contributed by atoms with Gasteiger partial charge in [0, 0.05) is 30.3 Å². The van der Waals surface area contributed by atoms with Crippen LogP contribution < -0.4 is 20.1 Å². The summed E-state index contributed by atoms with van der Waals surface area (Å²) < 4.78 is 10.4. The number of hydrogen-bond acceptors (Lipinski definition) is 8. The van der Waals surface area contributed by atoms with Crippen LogP contribution in [0.5, 0.6) is 11.5 Å². The number of nitrogens with zero attached hydrogens (tertiary/aromatic N) is 2. The maximum absolute atomic E-state index is 13.2. The zero-order valence-electron chi connectivity index (χ0n) is 19.4. The quantitative estimate of drug-likeness (QED) is 0.232. The zero-order chi connectivity index (χ0) is 27.1. The molecule has 0 radical (unpaired) electrons. The summed E-state index contributed by atoms with van der Waals surface area (Å²) in [6, 6.07) is 13.3. The van der Waals surface area contributed by atoms with E-state index in [9.17, 15) is 29.8 Å². The zero-order valence-corrected chi connectivity index (χ0v) is 20.1. The second-order valence-electron chi connectivity index (χ2n) is 7.31. The van der Waals surface area contributed by atoms with E-state index in [-0.39, 0.29) is 44.7 Å². The lowest BCUT2D eigenvalue weighted by atomic mass is 10.1. The van der Waals surface area contributed by atoms with E-state index >= 15 is 0 Å². The molecule has 0 aromatic heterocycles. The Morgan fingerprint density at radius 2 is 1.62 bits per heavy atom. The van der Waals surface area contributed by atoms with E-state index in [1.54, 1.807) is 6.07 Å². The van der Waals surface area contributed by atoms with Gasteiger partial charge in [-0.05, 0) is 29.8 Å². The first kappa shape index (κ1) is 26.6. The van der Waals surface area contributed by atoms with Crippen LogP contribution in [-0.4, -0.2) is 35.9 Å². The summed E-state index contributed by atoms with van der Waals surface area (Å²) in [6.45, 7) is 0. The molecule has 3 rings (SSSR count). The maximum atomic E-state index is 13.2. The lowest BCUT2D eigenvalue weighted by Crippen LogP contribution is -2.31. The molecule has 3 aromatic rings. The summed E-state index contributed by atoms with van der Waals surface area (Å²) in [4.78, 5) is 47.2. The molecule has 0 aliphatic carbocycles. The van der Waals surface area contributed by atoms with Crippen molar-refractivity contribution in [3.8, 4) is 11.5 Å². The van der Waals surface area contributed by atoms with E-state index in [4.69, 9.17) is 21.1 Å². The van der Waals surface area contributed by atoms with Gasteiger partial charge in [-0.3, -0.25) is 29.8 Å². The van der Waals surface area contributed by atoms with E-state index in [0.29, 0.717) is 5.75 Å². The van der Waals surface area contributed by atoms with Crippen molar-refractivity contribution in [2.75, 3.05) is 19.5 Å². The average Bonchev–Trinajstić information content (AvgIpc) is 2.88. The number of nitro groups is 2. The number of rotatable bonds is 9. The van der Waals surface area contributed by atoms with Gasteiger partial charge in [-0.1, -0.05) is 23.7 Å². The fourth-order valence-electron chi connectivity index (χ4n) is 3.14. The number of methoxy groups -OCH3 is 2. The molecule has 0 fully saturated rings. The van der Waals surface area contributed by atoms with Gasteiger partial charge in [0.15, 0.2) is 0 Å². The van der Waals surface area contributed by atoms with Gasteiger partial charge in [-0.15, -0.1) is 0 Å². The lowest BCUT2D eigenvalue weighted by Gasteiger charge is -2.14. The summed E-state index contributed by atoms with van der Waals surface area (Å²) in [5, 5.41) is 27.2. The second kappa shape index (κ2) is 11.6. The molecule has 190 valence electrons. The standard InChI is InChI=1S/C24H19ClN4O8/c1-36-17-7-9-20(22(13-17)37-2)26-24(31)21(11-14-4-3-5-15(10-14)28(32)33)27-23(30)18-12-16(29(34)35)6-8-19(18)25/h3-13H,1-2H3,(H,26,31)(H,27,30). The van der Waals surface area contributed by atoms with Crippen LogP contribution in [-0.2, 0) is 4.79 Å². The number of benzene rings is 3. The van der Waals surface area contributed by atoms with Crippen molar-refractivity contribution in [1.29, 1.82) is 0 Å². The highest BCUT2D eigenvalue weighted by Crippen LogP contribution is 2.29. The Morgan fingerprint density at radius 3 is 2.27 bits per heavy atom. The maximum Gasteiger partial charge on any atom is 0.272 e. The second-order valence-corrected chi connectivity index (χ2v) is 7.71. The Balaban J connectivity index is 2.02. The molecule has 13 heteroatoms. The van der Waals surface area contributed by atoms with Crippen LogP contribution in [0.4, 0.5) is 17.1 Å². The van der Waals surface area contributed by atoms with Gasteiger partial charge in [0.25, 0.3) is 23.2 Å². The predicted octanol–water partition coefficient (Wildman–Crippen LogP) is 4.58. The molecule has 0 bridgehead atoms. The first-order valence-corrected chi connectivity index (χ1v) is 10.8. The molecular formula is C24H19ClN4O8. The SMILES string of the molecule is COc1ccc(NC(=O)C(=Cc2cccc([N+](=O)[O-])c2)NC(=O)c2cc([N+](=O)[O-])ccc2Cl)c(OC)c1. The number of nitrogens with one attached hydrogen (secondary N) is 2. The number of hydrogen-bond donors (Lipinski definition) is 2. The topological polar surface area (TPSA) is 163 Å². The van der Waals surface area contributed by atoms with Crippen LogP contribution >= 0.6 is 11.6 Å². The molecule has 0 atom stereocenters. The Labute approximate surface area is 214 Å². The monoisotopic (exact) mass is 526 g/mol. The largest absolute Gasteiger partial charge is 0.497 e. The number of carbonyl (C=O) groups is 2. The number of ether oxygens (including phenoxy) is 2. The van der Waals surface area contributed by atoms with Crippen molar-refractivity contribution >= 4 is 46.6 Å². The highest BCUT2D eigenvalue weighted by atomic mass is 35.5. The fourth-order valence-corrected chi connectivity index (χ4v) is 3.34. The van der Waals surface area contributed by atoms with Crippen LogP contribution in [0.1, 0.15) is 15.9 Å². The molecular weight excluding hydrogens is 508 g/mol. The molecule has 0 unspecified atom stereocenters. The minimum absolute atomic E-state index is 0.0879. The molecule has 3 aromatic carbocycles. The molecule has 0 saturated heterocycles. The molecule has 0 heterocycles. The molecule has 0 aliphatic heterocycles. The van der Waals surface area contributed by atoms with Crippen LogP contribution in [0.2, 0.25) is 5.02 Å². The Kier molecular flexibility index (Phi) is 8.38. The van der Waals surface area contributed by atoms with Crippen molar-refractivity contribution in [1.82, 2.24) is 5.32 Å². The summed E-state index contributed by atoms with van der Waals surface area (Å²) in [5.41, 5.74) is -0.737. The van der Waals surface area contributed by atoms with E-state index in [2.05, 4.69) is 10.6 Å². The third kappa shape index (κ3) is 6.58. The Bertz CT molecular complexity index is 1420. The van der Waals surface area contributed by atoms with Gasteiger partial charge < -0.3 is 20.1 Å². The van der Waals surface area contributed by atoms with Crippen LogP contribution in [0.25, 0.3) is 6.08 Å². The normalized spacial score (nSPS) is 10.8. The van der Waals surface area contributed by atoms with E-state index in [1.165, 1.54) is 62.8 Å². The molecule has 0 spiro atoms. The third-order valence-electron chi connectivity index (χ3n) is 4.95. The Hall–Kier alpha value is -4.97. The van der Waals surface area contributed by atoms with Crippen molar-refractivity contribution < 1.29 is 28.9 Å². The van der Waals surface area contributed by atoms with Gasteiger partial charge in [-0.2, -0.15) is 0 Å². The number of nitro benzene ring substituents is 2. The van der Waals surface area contributed by atoms with E-state index < -0.39 is 21.7 Å². The summed E-state index contributed by atoms with van der Waals surface area (Å²) in [6.07, 6.45) is 1.21. The van der Waals surface area contributed by atoms with Crippen molar-refractivity contribution in [2.24, 2.45) is 0 Å². The van der Waals surface area contributed by atoms with Gasteiger partial charge in [0.1, 0.15) is 17.2 Å². The molecule has 0 aliphatic rings. The van der Waals surface area contributed by atoms with Crippen LogP contribution in [0, 0.1) is 20.2 Å².